The summed E-state index contributed by atoms with van der Waals surface area (Å²) in [5, 5.41) is 9.55. The highest BCUT2D eigenvalue weighted by molar-refractivity contribution is 9.10. The standard InChI is InChI=1S/C13H16BrNO4/c1-2-5-13(12(17)18)6-3-7-15(13)11(16)9-4-8-19-10(9)14/h4,8H,2-3,5-7H2,1H3,(H,17,18). The maximum atomic E-state index is 12.5. The SMILES string of the molecule is CCCC1(C(=O)O)CCCN1C(=O)c1ccoc1Br. The number of nitrogens with zero attached hydrogens (tertiary/aromatic N) is 1. The van der Waals surface area contributed by atoms with Crippen molar-refractivity contribution < 1.29 is 19.1 Å². The van der Waals surface area contributed by atoms with Gasteiger partial charge in [0.05, 0.1) is 11.8 Å². The van der Waals surface area contributed by atoms with E-state index >= 15 is 0 Å². The molecule has 2 heterocycles. The van der Waals surface area contributed by atoms with Crippen LogP contribution < -0.4 is 0 Å². The van der Waals surface area contributed by atoms with Gasteiger partial charge in [-0.05, 0) is 41.3 Å². The average molecular weight is 330 g/mol. The van der Waals surface area contributed by atoms with Crippen LogP contribution in [0, 0.1) is 0 Å². The van der Waals surface area contributed by atoms with Gasteiger partial charge in [0.15, 0.2) is 4.67 Å². The molecule has 1 aliphatic rings. The van der Waals surface area contributed by atoms with Gasteiger partial charge in [0, 0.05) is 6.54 Å². The van der Waals surface area contributed by atoms with Gasteiger partial charge < -0.3 is 14.4 Å². The van der Waals surface area contributed by atoms with Gasteiger partial charge in [0.25, 0.3) is 5.91 Å². The molecule has 2 rings (SSSR count). The van der Waals surface area contributed by atoms with Crippen molar-refractivity contribution >= 4 is 27.8 Å². The zero-order valence-corrected chi connectivity index (χ0v) is 12.3. The Morgan fingerprint density at radius 2 is 2.32 bits per heavy atom. The maximum absolute atomic E-state index is 12.5. The number of aliphatic carboxylic acids is 1. The lowest BCUT2D eigenvalue weighted by Gasteiger charge is -2.34. The van der Waals surface area contributed by atoms with Gasteiger partial charge in [-0.25, -0.2) is 4.79 Å². The Bertz CT molecular complexity index is 499. The first kappa shape index (κ1) is 14.1. The summed E-state index contributed by atoms with van der Waals surface area (Å²) in [7, 11) is 0. The summed E-state index contributed by atoms with van der Waals surface area (Å²) in [6.45, 7) is 2.40. The monoisotopic (exact) mass is 329 g/mol. The van der Waals surface area contributed by atoms with Gasteiger partial charge in [0.1, 0.15) is 5.54 Å². The molecule has 1 aromatic heterocycles. The molecule has 0 bridgehead atoms. The number of amides is 1. The summed E-state index contributed by atoms with van der Waals surface area (Å²) >= 11 is 3.17. The normalized spacial score (nSPS) is 22.7. The third kappa shape index (κ3) is 2.29. The number of halogens is 1. The summed E-state index contributed by atoms with van der Waals surface area (Å²) in [6, 6.07) is 1.56. The van der Waals surface area contributed by atoms with Crippen molar-refractivity contribution in [2.75, 3.05) is 6.54 Å². The smallest absolute Gasteiger partial charge is 0.329 e. The molecule has 6 heteroatoms. The quantitative estimate of drug-likeness (QED) is 0.921. The average Bonchev–Trinajstić information content (AvgIpc) is 2.96. The molecule has 0 saturated carbocycles. The Kier molecular flexibility index (Phi) is 3.99. The van der Waals surface area contributed by atoms with E-state index in [0.29, 0.717) is 36.0 Å². The van der Waals surface area contributed by atoms with Gasteiger partial charge in [-0.1, -0.05) is 13.3 Å². The first-order valence-corrected chi connectivity index (χ1v) is 7.10. The van der Waals surface area contributed by atoms with Crippen molar-refractivity contribution in [1.29, 1.82) is 0 Å². The van der Waals surface area contributed by atoms with E-state index in [4.69, 9.17) is 4.42 Å². The number of carboxylic acids is 1. The lowest BCUT2D eigenvalue weighted by molar-refractivity contribution is -0.148. The molecule has 1 atom stereocenters. The van der Waals surface area contributed by atoms with Crippen LogP contribution in [0.3, 0.4) is 0 Å². The number of carboxylic acid groups (broad SMARTS) is 1. The predicted molar refractivity (Wildman–Crippen MR) is 72.0 cm³/mol. The fourth-order valence-corrected chi connectivity index (χ4v) is 3.18. The molecule has 0 radical (unpaired) electrons. The number of carbonyl (C=O) groups is 2. The Balaban J connectivity index is 2.35. The Morgan fingerprint density at radius 1 is 1.58 bits per heavy atom. The number of hydrogen-bond acceptors (Lipinski definition) is 3. The topological polar surface area (TPSA) is 70.8 Å². The first-order valence-electron chi connectivity index (χ1n) is 6.31. The zero-order chi connectivity index (χ0) is 14.0. The lowest BCUT2D eigenvalue weighted by atomic mass is 9.90. The summed E-state index contributed by atoms with van der Waals surface area (Å²) in [6.07, 6.45) is 3.84. The Labute approximate surface area is 119 Å². The molecule has 1 aromatic rings. The largest absolute Gasteiger partial charge is 0.479 e. The molecule has 1 N–H and O–H groups in total. The fraction of sp³-hybridized carbons (Fsp3) is 0.538. The highest BCUT2D eigenvalue weighted by Gasteiger charge is 2.49. The summed E-state index contributed by atoms with van der Waals surface area (Å²) in [5.74, 6) is -1.20. The van der Waals surface area contributed by atoms with E-state index in [0.717, 1.165) is 6.42 Å². The number of hydrogen-bond donors (Lipinski definition) is 1. The summed E-state index contributed by atoms with van der Waals surface area (Å²) in [4.78, 5) is 25.6. The molecule has 1 fully saturated rings. The zero-order valence-electron chi connectivity index (χ0n) is 10.7. The number of likely N-dealkylation sites (tertiary alicyclic amines) is 1. The summed E-state index contributed by atoms with van der Waals surface area (Å²) in [5.41, 5.74) is -0.689. The Morgan fingerprint density at radius 3 is 2.84 bits per heavy atom. The van der Waals surface area contributed by atoms with Crippen LogP contribution >= 0.6 is 15.9 Å². The van der Waals surface area contributed by atoms with E-state index in [2.05, 4.69) is 15.9 Å². The second-order valence-corrected chi connectivity index (χ2v) is 5.48. The van der Waals surface area contributed by atoms with Crippen molar-refractivity contribution in [2.24, 2.45) is 0 Å². The molecular weight excluding hydrogens is 314 g/mol. The van der Waals surface area contributed by atoms with E-state index in [1.165, 1.54) is 11.2 Å². The van der Waals surface area contributed by atoms with E-state index < -0.39 is 11.5 Å². The number of carbonyl (C=O) groups excluding carboxylic acids is 1. The second-order valence-electron chi connectivity index (χ2n) is 4.76. The first-order chi connectivity index (χ1) is 9.03. The number of rotatable bonds is 4. The van der Waals surface area contributed by atoms with Crippen molar-refractivity contribution in [3.05, 3.63) is 22.6 Å². The third-order valence-corrected chi connectivity index (χ3v) is 4.26. The molecule has 1 amide bonds. The highest BCUT2D eigenvalue weighted by Crippen LogP contribution is 2.36. The van der Waals surface area contributed by atoms with Crippen LogP contribution in [0.2, 0.25) is 0 Å². The molecule has 5 nitrogen and oxygen atoms in total. The van der Waals surface area contributed by atoms with E-state index in [9.17, 15) is 14.7 Å². The molecule has 1 saturated heterocycles. The summed E-state index contributed by atoms with van der Waals surface area (Å²) < 4.78 is 5.40. The minimum absolute atomic E-state index is 0.283. The molecular formula is C13H16BrNO4. The highest BCUT2D eigenvalue weighted by atomic mass is 79.9. The van der Waals surface area contributed by atoms with Crippen LogP contribution in [0.25, 0.3) is 0 Å². The third-order valence-electron chi connectivity index (χ3n) is 3.64. The van der Waals surface area contributed by atoms with Gasteiger partial charge >= 0.3 is 5.97 Å². The van der Waals surface area contributed by atoms with Crippen LogP contribution in [-0.2, 0) is 4.79 Å². The van der Waals surface area contributed by atoms with E-state index in [-0.39, 0.29) is 5.91 Å². The van der Waals surface area contributed by atoms with Crippen LogP contribution in [0.1, 0.15) is 43.0 Å². The van der Waals surface area contributed by atoms with Crippen LogP contribution in [0.15, 0.2) is 21.4 Å². The van der Waals surface area contributed by atoms with Gasteiger partial charge in [0.2, 0.25) is 0 Å². The van der Waals surface area contributed by atoms with Gasteiger partial charge in [-0.15, -0.1) is 0 Å². The Hall–Kier alpha value is -1.30. The predicted octanol–water partition coefficient (Wildman–Crippen LogP) is 2.90. The molecule has 1 unspecified atom stereocenters. The van der Waals surface area contributed by atoms with Crippen molar-refractivity contribution in [3.63, 3.8) is 0 Å². The molecule has 1 aliphatic heterocycles. The van der Waals surface area contributed by atoms with Crippen molar-refractivity contribution in [1.82, 2.24) is 4.90 Å². The molecule has 0 spiro atoms. The minimum Gasteiger partial charge on any atom is -0.479 e. The van der Waals surface area contributed by atoms with E-state index in [1.807, 2.05) is 6.92 Å². The maximum Gasteiger partial charge on any atom is 0.329 e. The van der Waals surface area contributed by atoms with Crippen LogP contribution in [0.4, 0.5) is 0 Å². The van der Waals surface area contributed by atoms with Gasteiger partial charge in [-0.2, -0.15) is 0 Å². The van der Waals surface area contributed by atoms with Crippen LogP contribution in [-0.4, -0.2) is 34.0 Å². The molecule has 0 aliphatic carbocycles. The van der Waals surface area contributed by atoms with E-state index in [1.54, 1.807) is 6.07 Å². The van der Waals surface area contributed by atoms with Crippen molar-refractivity contribution in [2.45, 2.75) is 38.1 Å². The molecule has 0 aromatic carbocycles. The number of furan rings is 1. The molecule has 19 heavy (non-hydrogen) atoms. The lowest BCUT2D eigenvalue weighted by Crippen LogP contribution is -2.53. The molecule has 104 valence electrons. The fourth-order valence-electron chi connectivity index (χ4n) is 2.77. The second kappa shape index (κ2) is 5.36. The minimum atomic E-state index is -1.07. The van der Waals surface area contributed by atoms with Crippen molar-refractivity contribution in [3.8, 4) is 0 Å². The van der Waals surface area contributed by atoms with Crippen LogP contribution in [0.5, 0.6) is 0 Å². The van der Waals surface area contributed by atoms with Gasteiger partial charge in [-0.3, -0.25) is 4.79 Å².